The number of aliphatic imine (C=N–C) groups is 1. The van der Waals surface area contributed by atoms with Gasteiger partial charge in [0.25, 0.3) is 0 Å². The number of benzene rings is 1. The quantitative estimate of drug-likeness (QED) is 0.574. The predicted molar refractivity (Wildman–Crippen MR) is 59.6 cm³/mol. The fraction of sp³-hybridized carbons (Fsp3) is 0.167. The summed E-state index contributed by atoms with van der Waals surface area (Å²) >= 11 is 0. The Labute approximate surface area is 93.2 Å². The molecular weight excluding hydrogens is 202 g/mol. The van der Waals surface area contributed by atoms with Gasteiger partial charge >= 0.3 is 0 Å². The molecule has 0 radical (unpaired) electrons. The Balaban J connectivity index is 2.05. The van der Waals surface area contributed by atoms with Crippen LogP contribution in [-0.4, -0.2) is 15.9 Å². The Morgan fingerprint density at radius 1 is 1.25 bits per heavy atom. The normalized spacial score (nSPS) is 9.75. The number of nitrogens with zero attached hydrogens (tertiary/aromatic N) is 3. The van der Waals surface area contributed by atoms with Gasteiger partial charge in [-0.2, -0.15) is 10.1 Å². The van der Waals surface area contributed by atoms with Crippen molar-refractivity contribution in [3.63, 3.8) is 0 Å². The van der Waals surface area contributed by atoms with Crippen LogP contribution in [0.15, 0.2) is 47.6 Å². The lowest BCUT2D eigenvalue weighted by Gasteiger charge is -2.00. The Morgan fingerprint density at radius 3 is 2.81 bits per heavy atom. The first-order valence-electron chi connectivity index (χ1n) is 4.98. The molecular formula is C12H11N3O. The van der Waals surface area contributed by atoms with Gasteiger partial charge in [-0.05, 0) is 11.6 Å². The van der Waals surface area contributed by atoms with Gasteiger partial charge in [-0.15, -0.1) is 0 Å². The second-order valence-corrected chi connectivity index (χ2v) is 3.40. The van der Waals surface area contributed by atoms with Crippen LogP contribution in [0.4, 0.5) is 0 Å². The van der Waals surface area contributed by atoms with E-state index in [-0.39, 0.29) is 0 Å². The molecule has 0 aliphatic carbocycles. The SMILES string of the molecule is O=C=NCc1ccn(Cc2ccccc2)n1. The van der Waals surface area contributed by atoms with Crippen LogP contribution >= 0.6 is 0 Å². The van der Waals surface area contributed by atoms with Crippen molar-refractivity contribution in [2.75, 3.05) is 0 Å². The molecule has 0 aliphatic heterocycles. The zero-order valence-electron chi connectivity index (χ0n) is 8.71. The molecule has 1 aromatic carbocycles. The first kappa shape index (κ1) is 10.3. The number of rotatable bonds is 4. The molecule has 0 saturated carbocycles. The van der Waals surface area contributed by atoms with Crippen molar-refractivity contribution in [2.24, 2.45) is 4.99 Å². The van der Waals surface area contributed by atoms with E-state index in [1.807, 2.05) is 47.3 Å². The molecule has 0 saturated heterocycles. The molecule has 16 heavy (non-hydrogen) atoms. The van der Waals surface area contributed by atoms with Crippen molar-refractivity contribution in [2.45, 2.75) is 13.1 Å². The van der Waals surface area contributed by atoms with Crippen molar-refractivity contribution >= 4 is 6.08 Å². The van der Waals surface area contributed by atoms with Crippen LogP contribution in [0, 0.1) is 0 Å². The van der Waals surface area contributed by atoms with E-state index in [9.17, 15) is 4.79 Å². The third-order valence-corrected chi connectivity index (χ3v) is 2.19. The van der Waals surface area contributed by atoms with E-state index in [1.165, 1.54) is 11.6 Å². The molecule has 80 valence electrons. The average molecular weight is 213 g/mol. The molecule has 0 aliphatic rings. The minimum absolute atomic E-state index is 0.297. The maximum Gasteiger partial charge on any atom is 0.235 e. The molecule has 0 atom stereocenters. The summed E-state index contributed by atoms with van der Waals surface area (Å²) in [6, 6.07) is 11.9. The number of isocyanates is 1. The van der Waals surface area contributed by atoms with E-state index in [4.69, 9.17) is 0 Å². The van der Waals surface area contributed by atoms with Gasteiger partial charge in [0, 0.05) is 6.20 Å². The fourth-order valence-corrected chi connectivity index (χ4v) is 1.46. The third kappa shape index (κ3) is 2.65. The molecule has 2 rings (SSSR count). The highest BCUT2D eigenvalue weighted by atomic mass is 16.1. The summed E-state index contributed by atoms with van der Waals surface area (Å²) in [5, 5.41) is 4.29. The van der Waals surface area contributed by atoms with Crippen LogP contribution in [0.2, 0.25) is 0 Å². The number of carbonyl (C=O) groups excluding carboxylic acids is 1. The highest BCUT2D eigenvalue weighted by Crippen LogP contribution is 2.03. The zero-order chi connectivity index (χ0) is 11.2. The van der Waals surface area contributed by atoms with Gasteiger partial charge in [-0.25, -0.2) is 4.79 Å². The lowest BCUT2D eigenvalue weighted by atomic mass is 10.2. The van der Waals surface area contributed by atoms with Crippen LogP contribution in [0.3, 0.4) is 0 Å². The Morgan fingerprint density at radius 2 is 2.06 bits per heavy atom. The topological polar surface area (TPSA) is 47.2 Å². The van der Waals surface area contributed by atoms with Crippen molar-refractivity contribution in [3.8, 4) is 0 Å². The van der Waals surface area contributed by atoms with Gasteiger partial charge in [-0.3, -0.25) is 4.68 Å². The van der Waals surface area contributed by atoms with Crippen molar-refractivity contribution < 1.29 is 4.79 Å². The first-order valence-corrected chi connectivity index (χ1v) is 4.98. The van der Waals surface area contributed by atoms with Gasteiger partial charge in [0.1, 0.15) is 0 Å². The van der Waals surface area contributed by atoms with Gasteiger partial charge < -0.3 is 0 Å². The molecule has 4 heteroatoms. The molecule has 1 aromatic heterocycles. The van der Waals surface area contributed by atoms with E-state index in [0.717, 1.165) is 12.2 Å². The highest BCUT2D eigenvalue weighted by Gasteiger charge is 1.98. The standard InChI is InChI=1S/C12H11N3O/c16-10-13-8-12-6-7-15(14-12)9-11-4-2-1-3-5-11/h1-7H,8-9H2. The van der Waals surface area contributed by atoms with E-state index in [2.05, 4.69) is 10.1 Å². The summed E-state index contributed by atoms with van der Waals surface area (Å²) in [7, 11) is 0. The van der Waals surface area contributed by atoms with Crippen LogP contribution < -0.4 is 0 Å². The van der Waals surface area contributed by atoms with Crippen molar-refractivity contribution in [3.05, 3.63) is 53.9 Å². The van der Waals surface area contributed by atoms with Crippen LogP contribution in [0.25, 0.3) is 0 Å². The smallest absolute Gasteiger partial charge is 0.235 e. The highest BCUT2D eigenvalue weighted by molar-refractivity contribution is 5.33. The molecule has 4 nitrogen and oxygen atoms in total. The fourth-order valence-electron chi connectivity index (χ4n) is 1.46. The number of hydrogen-bond acceptors (Lipinski definition) is 3. The summed E-state index contributed by atoms with van der Waals surface area (Å²) in [6.45, 7) is 1.02. The van der Waals surface area contributed by atoms with Gasteiger partial charge in [0.2, 0.25) is 6.08 Å². The van der Waals surface area contributed by atoms with Gasteiger partial charge in [0.05, 0.1) is 18.8 Å². The second-order valence-electron chi connectivity index (χ2n) is 3.40. The lowest BCUT2D eigenvalue weighted by molar-refractivity contribution is 0.562. The van der Waals surface area contributed by atoms with Crippen LogP contribution in [-0.2, 0) is 17.9 Å². The van der Waals surface area contributed by atoms with Gasteiger partial charge in [-0.1, -0.05) is 30.3 Å². The van der Waals surface area contributed by atoms with Crippen LogP contribution in [0.5, 0.6) is 0 Å². The van der Waals surface area contributed by atoms with Gasteiger partial charge in [0.15, 0.2) is 0 Å². The van der Waals surface area contributed by atoms with E-state index in [1.54, 1.807) is 0 Å². The number of hydrogen-bond donors (Lipinski definition) is 0. The third-order valence-electron chi connectivity index (χ3n) is 2.19. The molecule has 0 spiro atoms. The Bertz CT molecular complexity index is 498. The summed E-state index contributed by atoms with van der Waals surface area (Å²) in [5.41, 5.74) is 1.97. The monoisotopic (exact) mass is 213 g/mol. The maximum absolute atomic E-state index is 9.95. The lowest BCUT2D eigenvalue weighted by Crippen LogP contribution is -2.00. The minimum atomic E-state index is 0.297. The van der Waals surface area contributed by atoms with E-state index in [0.29, 0.717) is 6.54 Å². The number of aromatic nitrogens is 2. The average Bonchev–Trinajstić information content (AvgIpc) is 2.75. The molecule has 0 N–H and O–H groups in total. The molecule has 1 heterocycles. The molecule has 0 bridgehead atoms. The molecule has 0 amide bonds. The largest absolute Gasteiger partial charge is 0.268 e. The van der Waals surface area contributed by atoms with Crippen molar-refractivity contribution in [1.82, 2.24) is 9.78 Å². The zero-order valence-corrected chi connectivity index (χ0v) is 8.71. The summed E-state index contributed by atoms with van der Waals surface area (Å²) in [6.07, 6.45) is 3.38. The summed E-state index contributed by atoms with van der Waals surface area (Å²) in [5.74, 6) is 0. The van der Waals surface area contributed by atoms with E-state index < -0.39 is 0 Å². The van der Waals surface area contributed by atoms with Crippen LogP contribution in [0.1, 0.15) is 11.3 Å². The summed E-state index contributed by atoms with van der Waals surface area (Å²) < 4.78 is 1.82. The van der Waals surface area contributed by atoms with E-state index >= 15 is 0 Å². The predicted octanol–water partition coefficient (Wildman–Crippen LogP) is 1.77. The minimum Gasteiger partial charge on any atom is -0.268 e. The molecule has 2 aromatic rings. The Kier molecular flexibility index (Phi) is 3.26. The first-order chi connectivity index (χ1) is 7.88. The summed E-state index contributed by atoms with van der Waals surface area (Å²) in [4.78, 5) is 13.4. The Hall–Kier alpha value is -2.19. The van der Waals surface area contributed by atoms with Crippen molar-refractivity contribution in [1.29, 1.82) is 0 Å². The second kappa shape index (κ2) is 5.05. The molecule has 0 unspecified atom stereocenters. The maximum atomic E-state index is 9.95. The molecule has 0 fully saturated rings.